The molecule has 0 amide bonds. The SMILES string of the molecule is Cc1nc2c(ncn2[C@@H]2O[C@@H]3COP(=O)(CS)O[C@H]4[C@@H](O)[C@H](n5cnc6c(N)ncnc65)[C@H]5C[C@@]54COP(=O)(CO)O[C@@H]2[C@@H]3CO)c(=O)[nH]1. The number of hydrogen-bond acceptors (Lipinski definition) is 18. The lowest BCUT2D eigenvalue weighted by Gasteiger charge is -2.32. The van der Waals surface area contributed by atoms with E-state index in [0.717, 1.165) is 0 Å². The minimum Gasteiger partial charge on any atom is -0.396 e. The van der Waals surface area contributed by atoms with Crippen LogP contribution >= 0.6 is 27.8 Å². The number of aromatic amines is 1. The summed E-state index contributed by atoms with van der Waals surface area (Å²) in [6.45, 7) is 0.249. The standard InChI is InChI=1S/C26H33N9O11P2S/c1-11-32-23-16(24(39)33-11)31-8-35(23)25-19-12(3-36)14(44-25)4-42-48(41,10-49)46-20-18(38)17(34-7-30-15-21(27)28-6-29-22(15)34)13-2-26(13,20)5-43-47(40,9-37)45-19/h6-8,12-14,17-20,25,36-38,49H,2-5,9-10H2,1H3,(H2,27,28,29)(H,32,33,39)/t12-,13-,14-,17-,18+,19-,20+,25-,26-,47?,48?/m1/s1. The first-order valence-corrected chi connectivity index (χ1v) is 19.4. The fourth-order valence-electron chi connectivity index (χ4n) is 7.47. The monoisotopic (exact) mass is 741 g/mol. The van der Waals surface area contributed by atoms with Gasteiger partial charge in [0.1, 0.15) is 42.3 Å². The highest BCUT2D eigenvalue weighted by molar-refractivity contribution is 7.88. The van der Waals surface area contributed by atoms with Crippen molar-refractivity contribution < 1.29 is 47.3 Å². The minimum atomic E-state index is -4.40. The van der Waals surface area contributed by atoms with Crippen LogP contribution in [0.25, 0.3) is 22.3 Å². The third kappa shape index (κ3) is 5.21. The Labute approximate surface area is 281 Å². The van der Waals surface area contributed by atoms with Crippen molar-refractivity contribution in [1.29, 1.82) is 0 Å². The lowest BCUT2D eigenvalue weighted by atomic mass is 9.99. The van der Waals surface area contributed by atoms with E-state index in [2.05, 4.69) is 42.5 Å². The van der Waals surface area contributed by atoms with Gasteiger partial charge < -0.3 is 48.9 Å². The molecule has 4 fully saturated rings. The maximum Gasteiger partial charge on any atom is 0.356 e. The van der Waals surface area contributed by atoms with E-state index in [0.29, 0.717) is 17.6 Å². The van der Waals surface area contributed by atoms with Gasteiger partial charge in [-0.1, -0.05) is 0 Å². The normalized spacial score (nSPS) is 39.3. The third-order valence-corrected chi connectivity index (χ3v) is 13.8. The number of H-pyrrole nitrogens is 1. The van der Waals surface area contributed by atoms with Gasteiger partial charge in [0.05, 0.1) is 50.1 Å². The van der Waals surface area contributed by atoms with Crippen molar-refractivity contribution in [2.45, 2.75) is 50.0 Å². The lowest BCUT2D eigenvalue weighted by Crippen LogP contribution is -2.38. The molecule has 264 valence electrons. The highest BCUT2D eigenvalue weighted by Gasteiger charge is 2.74. The largest absolute Gasteiger partial charge is 0.396 e. The molecule has 4 aromatic heterocycles. The highest BCUT2D eigenvalue weighted by atomic mass is 32.1. The molecule has 2 saturated carbocycles. The molecular weight excluding hydrogens is 708 g/mol. The summed E-state index contributed by atoms with van der Waals surface area (Å²) in [5.74, 6) is -0.908. The van der Waals surface area contributed by atoms with E-state index in [4.69, 9.17) is 28.6 Å². The summed E-state index contributed by atoms with van der Waals surface area (Å²) in [7, 11) is -8.50. The summed E-state index contributed by atoms with van der Waals surface area (Å²) in [6, 6.07) is -0.708. The zero-order valence-electron chi connectivity index (χ0n) is 25.8. The maximum atomic E-state index is 14.2. The summed E-state index contributed by atoms with van der Waals surface area (Å²) in [5, 5.41) is 32.7. The van der Waals surface area contributed by atoms with Crippen LogP contribution in [0.15, 0.2) is 23.8 Å². The molecule has 2 saturated heterocycles. The number of nitrogens with zero attached hydrogens (tertiary/aromatic N) is 7. The quantitative estimate of drug-likeness (QED) is 0.119. The molecule has 1 spiro atoms. The van der Waals surface area contributed by atoms with Crippen LogP contribution in [0.5, 0.6) is 0 Å². The van der Waals surface area contributed by atoms with Gasteiger partial charge in [0.15, 0.2) is 28.9 Å². The average molecular weight is 742 g/mol. The molecule has 2 bridgehead atoms. The van der Waals surface area contributed by atoms with Crippen LogP contribution in [0.4, 0.5) is 5.82 Å². The van der Waals surface area contributed by atoms with Gasteiger partial charge in [-0.15, -0.1) is 0 Å². The Morgan fingerprint density at radius 2 is 1.86 bits per heavy atom. The number of nitrogens with one attached hydrogen (secondary N) is 1. The maximum absolute atomic E-state index is 14.2. The number of fused-ring (bicyclic) bond motifs is 4. The van der Waals surface area contributed by atoms with Crippen LogP contribution in [0.1, 0.15) is 24.5 Å². The van der Waals surface area contributed by atoms with Gasteiger partial charge in [0.2, 0.25) is 0 Å². The fourth-order valence-corrected chi connectivity index (χ4v) is 10.5. The van der Waals surface area contributed by atoms with Gasteiger partial charge in [0, 0.05) is 11.3 Å². The molecule has 4 aliphatic rings. The van der Waals surface area contributed by atoms with Gasteiger partial charge in [-0.05, 0) is 19.3 Å². The highest BCUT2D eigenvalue weighted by Crippen LogP contribution is 2.72. The van der Waals surface area contributed by atoms with E-state index in [1.807, 2.05) is 0 Å². The van der Waals surface area contributed by atoms with Crippen molar-refractivity contribution in [1.82, 2.24) is 39.0 Å². The van der Waals surface area contributed by atoms with E-state index in [1.165, 1.54) is 23.5 Å². The number of aliphatic hydroxyl groups is 3. The summed E-state index contributed by atoms with van der Waals surface area (Å²) in [4.78, 5) is 36.3. The van der Waals surface area contributed by atoms with Crippen molar-refractivity contribution >= 4 is 56.0 Å². The number of ether oxygens (including phenoxy) is 1. The summed E-state index contributed by atoms with van der Waals surface area (Å²) in [6.07, 6.45) is -2.63. The van der Waals surface area contributed by atoms with Crippen LogP contribution in [0, 0.1) is 24.2 Å². The van der Waals surface area contributed by atoms with Crippen LogP contribution in [0.2, 0.25) is 0 Å². The number of aromatic nitrogens is 8. The zero-order valence-corrected chi connectivity index (χ0v) is 28.4. The Kier molecular flexibility index (Phi) is 8.08. The Hall–Kier alpha value is -2.81. The molecule has 20 nitrogen and oxygen atoms in total. The lowest BCUT2D eigenvalue weighted by molar-refractivity contribution is -0.0573. The predicted molar refractivity (Wildman–Crippen MR) is 170 cm³/mol. The molecule has 23 heteroatoms. The minimum absolute atomic E-state index is 0.00347. The summed E-state index contributed by atoms with van der Waals surface area (Å²) >= 11 is 4.27. The number of aryl methyl sites for hydroxylation is 1. The summed E-state index contributed by atoms with van der Waals surface area (Å²) in [5.41, 5.74) is 4.86. The predicted octanol–water partition coefficient (Wildman–Crippen LogP) is 0.318. The molecule has 8 rings (SSSR count). The Morgan fingerprint density at radius 3 is 2.61 bits per heavy atom. The second-order valence-electron chi connectivity index (χ2n) is 12.7. The molecule has 49 heavy (non-hydrogen) atoms. The average Bonchev–Trinajstić information content (AvgIpc) is 3.39. The second-order valence-corrected chi connectivity index (χ2v) is 17.5. The van der Waals surface area contributed by atoms with Crippen LogP contribution < -0.4 is 11.3 Å². The molecule has 2 aliphatic heterocycles. The first-order valence-electron chi connectivity index (χ1n) is 15.3. The van der Waals surface area contributed by atoms with Crippen molar-refractivity contribution in [3.05, 3.63) is 35.2 Å². The first-order chi connectivity index (χ1) is 23.4. The van der Waals surface area contributed by atoms with Crippen molar-refractivity contribution in [2.75, 3.05) is 37.4 Å². The molecular formula is C26H33N9O11P2S. The van der Waals surface area contributed by atoms with Crippen molar-refractivity contribution in [2.24, 2.45) is 17.3 Å². The molecule has 6 heterocycles. The molecule has 11 atom stereocenters. The van der Waals surface area contributed by atoms with E-state index in [-0.39, 0.29) is 40.8 Å². The van der Waals surface area contributed by atoms with Crippen molar-refractivity contribution in [3.8, 4) is 0 Å². The molecule has 0 radical (unpaired) electrons. The van der Waals surface area contributed by atoms with E-state index in [9.17, 15) is 29.2 Å². The molecule has 6 N–H and O–H groups in total. The van der Waals surface area contributed by atoms with Gasteiger partial charge >= 0.3 is 15.2 Å². The molecule has 2 unspecified atom stereocenters. The smallest absolute Gasteiger partial charge is 0.356 e. The van der Waals surface area contributed by atoms with E-state index in [1.54, 1.807) is 11.5 Å². The summed E-state index contributed by atoms with van der Waals surface area (Å²) < 4.78 is 61.8. The first kappa shape index (κ1) is 33.3. The number of thiol groups is 1. The molecule has 4 aromatic rings. The molecule has 2 aliphatic carbocycles. The number of nitrogens with two attached hydrogens (primary N) is 1. The second kappa shape index (κ2) is 11.9. The number of rotatable bonds is 5. The topological polar surface area (TPSA) is 274 Å². The van der Waals surface area contributed by atoms with Crippen LogP contribution in [-0.2, 0) is 32.0 Å². The van der Waals surface area contributed by atoms with Gasteiger partial charge in [0.25, 0.3) is 5.56 Å². The van der Waals surface area contributed by atoms with Crippen LogP contribution in [-0.4, -0.2) is 110 Å². The van der Waals surface area contributed by atoms with Crippen LogP contribution in [0.3, 0.4) is 0 Å². The Balaban J connectivity index is 1.18. The van der Waals surface area contributed by atoms with Gasteiger partial charge in [-0.25, -0.2) is 24.9 Å². The number of aliphatic hydroxyl groups excluding tert-OH is 3. The van der Waals surface area contributed by atoms with Gasteiger partial charge in [-0.2, -0.15) is 12.6 Å². The van der Waals surface area contributed by atoms with Gasteiger partial charge in [-0.3, -0.25) is 23.0 Å². The number of imidazole rings is 2. The van der Waals surface area contributed by atoms with E-state index < -0.39 is 88.3 Å². The van der Waals surface area contributed by atoms with Crippen molar-refractivity contribution in [3.63, 3.8) is 0 Å². The zero-order chi connectivity index (χ0) is 34.5. The number of nitrogen functional groups attached to an aromatic ring is 1. The van der Waals surface area contributed by atoms with E-state index >= 15 is 0 Å². The Bertz CT molecular complexity index is 2100. The Morgan fingerprint density at radius 1 is 1.08 bits per heavy atom. The molecule has 0 aromatic carbocycles. The third-order valence-electron chi connectivity index (χ3n) is 9.92. The number of anilines is 1. The number of hydrogen-bond donors (Lipinski definition) is 6. The fraction of sp³-hybridized carbons (Fsp3) is 0.615.